The minimum Gasteiger partial charge on any atom is -0.341 e. The van der Waals surface area contributed by atoms with Crippen LogP contribution < -0.4 is 5.32 Å². The van der Waals surface area contributed by atoms with Crippen LogP contribution in [-0.4, -0.2) is 53.9 Å². The van der Waals surface area contributed by atoms with Crippen LogP contribution >= 0.6 is 15.9 Å². The summed E-state index contributed by atoms with van der Waals surface area (Å²) in [6.07, 6.45) is 1.68. The zero-order valence-electron chi connectivity index (χ0n) is 12.9. The fourth-order valence-electron chi connectivity index (χ4n) is 3.00. The van der Waals surface area contributed by atoms with Crippen molar-refractivity contribution in [2.75, 3.05) is 11.1 Å². The molecule has 2 atom stereocenters. The van der Waals surface area contributed by atoms with Crippen LogP contribution in [-0.2, 0) is 30.6 Å². The molecule has 1 aromatic rings. The third-order valence-electron chi connectivity index (χ3n) is 4.14. The second-order valence-corrected chi connectivity index (χ2v) is 8.46. The number of amides is 2. The van der Waals surface area contributed by atoms with E-state index in [1.165, 1.54) is 0 Å². The van der Waals surface area contributed by atoms with Crippen LogP contribution in [0.15, 0.2) is 41.6 Å². The van der Waals surface area contributed by atoms with E-state index >= 15 is 0 Å². The lowest BCUT2D eigenvalue weighted by atomic mass is 10.0. The van der Waals surface area contributed by atoms with Crippen molar-refractivity contribution in [1.82, 2.24) is 10.2 Å². The highest BCUT2D eigenvalue weighted by Gasteiger charge is 2.59. The van der Waals surface area contributed by atoms with Crippen LogP contribution in [0.3, 0.4) is 0 Å². The van der Waals surface area contributed by atoms with Crippen LogP contribution in [0.2, 0.25) is 0 Å². The van der Waals surface area contributed by atoms with Crippen LogP contribution in [0.5, 0.6) is 0 Å². The molecule has 3 rings (SSSR count). The molecule has 0 bridgehead atoms. The first kappa shape index (κ1) is 17.8. The van der Waals surface area contributed by atoms with Crippen molar-refractivity contribution in [2.24, 2.45) is 0 Å². The number of rotatable bonds is 5. The third-order valence-corrected chi connectivity index (χ3v) is 6.79. The van der Waals surface area contributed by atoms with Gasteiger partial charge in [0.1, 0.15) is 6.04 Å². The topological polar surface area (TPSA) is 101 Å². The molecule has 9 heteroatoms. The van der Waals surface area contributed by atoms with Crippen molar-refractivity contribution in [2.45, 2.75) is 17.8 Å². The van der Waals surface area contributed by atoms with E-state index in [9.17, 15) is 22.8 Å². The predicted molar refractivity (Wildman–Crippen MR) is 93.0 cm³/mol. The first-order valence-electron chi connectivity index (χ1n) is 7.43. The molecule has 2 heterocycles. The lowest BCUT2D eigenvalue weighted by molar-refractivity contribution is -0.145. The van der Waals surface area contributed by atoms with Gasteiger partial charge in [0.2, 0.25) is 5.91 Å². The van der Waals surface area contributed by atoms with Gasteiger partial charge in [0.05, 0.1) is 17.9 Å². The maximum absolute atomic E-state index is 12.4. The number of β-lactam (4-membered cyclic amide) rings is 1. The Kier molecular flexibility index (Phi) is 4.79. The van der Waals surface area contributed by atoms with Crippen molar-refractivity contribution in [3.05, 3.63) is 47.2 Å². The fourth-order valence-corrected chi connectivity index (χ4v) is 5.75. The molecule has 0 aliphatic carbocycles. The Bertz CT molecular complexity index is 866. The normalized spacial score (nSPS) is 24.4. The molecular formula is C16H14BrN2O5S. The largest absolute Gasteiger partial charge is 0.341 e. The summed E-state index contributed by atoms with van der Waals surface area (Å²) in [5.74, 6) is -1.42. The standard InChI is InChI=1S/C16H14BrN2O5S/c17-7-11-9-25(23,24)16-14(15(22)19(16)12(11)8-20)18-13(21)6-10-4-2-1-3-5-10/h1-5,14,16H,6-7,9H2,(H,18,21)/t14-,16-/m1/s1. The lowest BCUT2D eigenvalue weighted by Gasteiger charge is -2.48. The summed E-state index contributed by atoms with van der Waals surface area (Å²) >= 11 is 3.12. The van der Waals surface area contributed by atoms with E-state index in [1.54, 1.807) is 30.6 Å². The molecule has 2 aliphatic rings. The van der Waals surface area contributed by atoms with Gasteiger partial charge in [-0.25, -0.2) is 8.42 Å². The molecule has 131 valence electrons. The quantitative estimate of drug-likeness (QED) is 0.531. The first-order chi connectivity index (χ1) is 11.9. The minimum absolute atomic E-state index is 0.0343. The number of halogens is 1. The van der Waals surface area contributed by atoms with Crippen molar-refractivity contribution >= 4 is 43.9 Å². The minimum atomic E-state index is -3.71. The summed E-state index contributed by atoms with van der Waals surface area (Å²) in [5, 5.41) is 1.37. The van der Waals surface area contributed by atoms with Crippen molar-refractivity contribution in [3.8, 4) is 0 Å². The summed E-state index contributed by atoms with van der Waals surface area (Å²) in [6.45, 7) is 0. The van der Waals surface area contributed by atoms with Gasteiger partial charge < -0.3 is 5.32 Å². The summed E-state index contributed by atoms with van der Waals surface area (Å²) in [5.41, 5.74) is 0.974. The zero-order valence-corrected chi connectivity index (χ0v) is 15.3. The Morgan fingerprint density at radius 1 is 1.32 bits per heavy atom. The molecule has 1 radical (unpaired) electrons. The number of carbonyl (C=O) groups excluding carboxylic acids is 3. The average molecular weight is 426 g/mol. The second-order valence-electron chi connectivity index (χ2n) is 5.80. The number of benzene rings is 1. The highest BCUT2D eigenvalue weighted by molar-refractivity contribution is 9.09. The molecule has 1 saturated heterocycles. The number of hydrogen-bond donors (Lipinski definition) is 1. The van der Waals surface area contributed by atoms with Gasteiger partial charge in [0.25, 0.3) is 12.2 Å². The maximum Gasteiger partial charge on any atom is 0.254 e. The van der Waals surface area contributed by atoms with Gasteiger partial charge in [-0.1, -0.05) is 46.3 Å². The fraction of sp³-hybridized carbons (Fsp3) is 0.312. The molecule has 1 fully saturated rings. The van der Waals surface area contributed by atoms with E-state index in [0.29, 0.717) is 0 Å². The third kappa shape index (κ3) is 3.13. The number of sulfone groups is 1. The number of alkyl halides is 1. The second kappa shape index (κ2) is 6.72. The summed E-state index contributed by atoms with van der Waals surface area (Å²) in [6, 6.07) is 7.72. The highest BCUT2D eigenvalue weighted by Crippen LogP contribution is 2.36. The SMILES string of the molecule is O=[C]C1=C(CBr)CS(=O)(=O)[C@@H]2[C@H](NC(=O)Cc3ccccc3)C(=O)N12. The van der Waals surface area contributed by atoms with E-state index in [4.69, 9.17) is 0 Å². The van der Waals surface area contributed by atoms with Crippen LogP contribution in [0.4, 0.5) is 0 Å². The molecular weight excluding hydrogens is 412 g/mol. The molecule has 2 aliphatic heterocycles. The number of fused-ring (bicyclic) bond motifs is 1. The van der Waals surface area contributed by atoms with E-state index in [2.05, 4.69) is 21.2 Å². The van der Waals surface area contributed by atoms with E-state index in [1.807, 2.05) is 6.07 Å². The van der Waals surface area contributed by atoms with Gasteiger partial charge in [-0.3, -0.25) is 19.3 Å². The zero-order chi connectivity index (χ0) is 18.2. The summed E-state index contributed by atoms with van der Waals surface area (Å²) in [7, 11) is -3.71. The molecule has 0 aromatic heterocycles. The molecule has 0 spiro atoms. The van der Waals surface area contributed by atoms with E-state index in [-0.39, 0.29) is 28.8 Å². The smallest absolute Gasteiger partial charge is 0.254 e. The molecule has 1 aromatic carbocycles. The molecule has 1 N–H and O–H groups in total. The highest BCUT2D eigenvalue weighted by atomic mass is 79.9. The molecule has 0 unspecified atom stereocenters. The van der Waals surface area contributed by atoms with Crippen molar-refractivity contribution in [1.29, 1.82) is 0 Å². The Morgan fingerprint density at radius 2 is 2.00 bits per heavy atom. The van der Waals surface area contributed by atoms with Crippen molar-refractivity contribution < 1.29 is 22.8 Å². The lowest BCUT2D eigenvalue weighted by Crippen LogP contribution is -2.74. The van der Waals surface area contributed by atoms with Crippen LogP contribution in [0, 0.1) is 0 Å². The Hall–Kier alpha value is -2.00. The Balaban J connectivity index is 1.80. The summed E-state index contributed by atoms with van der Waals surface area (Å²) < 4.78 is 24.9. The molecule has 25 heavy (non-hydrogen) atoms. The Labute approximate surface area is 153 Å². The van der Waals surface area contributed by atoms with Crippen molar-refractivity contribution in [3.63, 3.8) is 0 Å². The number of nitrogens with zero attached hydrogens (tertiary/aromatic N) is 1. The van der Waals surface area contributed by atoms with Crippen LogP contribution in [0.25, 0.3) is 0 Å². The van der Waals surface area contributed by atoms with Gasteiger partial charge >= 0.3 is 0 Å². The summed E-state index contributed by atoms with van der Waals surface area (Å²) in [4.78, 5) is 36.5. The number of carbonyl (C=O) groups is 2. The first-order valence-corrected chi connectivity index (χ1v) is 10.3. The number of allylic oxidation sites excluding steroid dienone is 1. The van der Waals surface area contributed by atoms with E-state index < -0.39 is 33.1 Å². The van der Waals surface area contributed by atoms with Gasteiger partial charge in [0.15, 0.2) is 15.2 Å². The monoisotopic (exact) mass is 425 g/mol. The maximum atomic E-state index is 12.4. The van der Waals surface area contributed by atoms with Crippen LogP contribution in [0.1, 0.15) is 5.56 Å². The van der Waals surface area contributed by atoms with Gasteiger partial charge in [0, 0.05) is 5.33 Å². The molecule has 0 saturated carbocycles. The number of nitrogens with one attached hydrogen (secondary N) is 1. The number of hydrogen-bond acceptors (Lipinski definition) is 5. The van der Waals surface area contributed by atoms with Gasteiger partial charge in [-0.2, -0.15) is 0 Å². The molecule has 7 nitrogen and oxygen atoms in total. The van der Waals surface area contributed by atoms with E-state index in [0.717, 1.165) is 10.5 Å². The van der Waals surface area contributed by atoms with Gasteiger partial charge in [-0.15, -0.1) is 0 Å². The van der Waals surface area contributed by atoms with Gasteiger partial charge in [-0.05, 0) is 11.1 Å². The molecule has 2 amide bonds. The predicted octanol–water partition coefficient (Wildman–Crippen LogP) is 0.0693. The Morgan fingerprint density at radius 3 is 2.60 bits per heavy atom. The average Bonchev–Trinajstić information content (AvgIpc) is 2.59.